The second kappa shape index (κ2) is 11.7. The van der Waals surface area contributed by atoms with Crippen LogP contribution in [0.1, 0.15) is 11.1 Å². The molecule has 0 saturated heterocycles. The fourth-order valence-corrected chi connectivity index (χ4v) is 5.00. The fourth-order valence-electron chi connectivity index (χ4n) is 3.95. The van der Waals surface area contributed by atoms with Crippen LogP contribution in [0.15, 0.2) is 71.6 Å². The van der Waals surface area contributed by atoms with Gasteiger partial charge in [0.05, 0.1) is 27.0 Å². The van der Waals surface area contributed by atoms with Crippen LogP contribution in [0.3, 0.4) is 0 Å². The van der Waals surface area contributed by atoms with Gasteiger partial charge in [-0.15, -0.1) is 11.8 Å². The number of amides is 1. The first-order valence-electron chi connectivity index (χ1n) is 11.6. The summed E-state index contributed by atoms with van der Waals surface area (Å²) in [4.78, 5) is 17.2. The zero-order valence-corrected chi connectivity index (χ0v) is 21.7. The van der Waals surface area contributed by atoms with Gasteiger partial charge >= 0.3 is 0 Å². The first-order valence-corrected chi connectivity index (χ1v) is 12.6. The number of fused-ring (bicyclic) bond motifs is 1. The molecule has 0 spiro atoms. The van der Waals surface area contributed by atoms with Gasteiger partial charge in [-0.05, 0) is 42.3 Å². The minimum absolute atomic E-state index is 0.165. The van der Waals surface area contributed by atoms with Gasteiger partial charge in [-0.1, -0.05) is 48.0 Å². The quantitative estimate of drug-likeness (QED) is 0.156. The number of hydrogen-bond donors (Lipinski definition) is 2. The van der Waals surface area contributed by atoms with E-state index in [1.54, 1.807) is 51.3 Å². The van der Waals surface area contributed by atoms with E-state index in [2.05, 4.69) is 59.7 Å². The van der Waals surface area contributed by atoms with Crippen molar-refractivity contribution in [3.05, 3.63) is 77.9 Å². The summed E-state index contributed by atoms with van der Waals surface area (Å²) in [6.07, 6.45) is 3.23. The Bertz CT molecular complexity index is 1350. The molecule has 4 aromatic rings. The third kappa shape index (κ3) is 5.69. The maximum Gasteiger partial charge on any atom is 0.244 e. The molecule has 0 atom stereocenters. The van der Waals surface area contributed by atoms with E-state index < -0.39 is 0 Å². The molecule has 0 fully saturated rings. The van der Waals surface area contributed by atoms with Crippen LogP contribution >= 0.6 is 11.8 Å². The highest BCUT2D eigenvalue weighted by Crippen LogP contribution is 2.39. The summed E-state index contributed by atoms with van der Waals surface area (Å²) in [6.45, 7) is 2.62. The van der Waals surface area contributed by atoms with E-state index in [-0.39, 0.29) is 5.91 Å². The van der Waals surface area contributed by atoms with E-state index in [4.69, 9.17) is 14.2 Å². The Labute approximate surface area is 215 Å². The van der Waals surface area contributed by atoms with Crippen molar-refractivity contribution >= 4 is 34.6 Å². The van der Waals surface area contributed by atoms with Crippen molar-refractivity contribution < 1.29 is 19.0 Å². The standard InChI is InChI=1S/C29H30N2O4S/c1-19-9-12-21(13-10-19)27-29(22-7-5-6-8-23(22)31-27)36-16-15-30-26(32)14-11-20-17-24(33-2)28(35-4)25(18-20)34-3/h5-14,17-18,31H,15-16H2,1-4H3,(H,30,32)/b14-11+. The Kier molecular flexibility index (Phi) is 8.23. The molecule has 0 radical (unpaired) electrons. The normalized spacial score (nSPS) is 11.1. The van der Waals surface area contributed by atoms with Crippen molar-refractivity contribution in [3.63, 3.8) is 0 Å². The lowest BCUT2D eigenvalue weighted by molar-refractivity contribution is -0.116. The summed E-state index contributed by atoms with van der Waals surface area (Å²) < 4.78 is 16.1. The van der Waals surface area contributed by atoms with E-state index in [1.165, 1.54) is 21.9 Å². The number of benzene rings is 3. The van der Waals surface area contributed by atoms with Crippen LogP contribution in [-0.2, 0) is 4.79 Å². The van der Waals surface area contributed by atoms with Crippen LogP contribution in [0, 0.1) is 6.92 Å². The number of rotatable bonds is 10. The van der Waals surface area contributed by atoms with Gasteiger partial charge in [0.2, 0.25) is 11.7 Å². The second-order valence-electron chi connectivity index (χ2n) is 8.17. The molecule has 6 nitrogen and oxygen atoms in total. The highest BCUT2D eigenvalue weighted by Gasteiger charge is 2.14. The largest absolute Gasteiger partial charge is 0.493 e. The molecule has 1 amide bonds. The zero-order valence-electron chi connectivity index (χ0n) is 20.9. The Morgan fingerprint density at radius 3 is 2.33 bits per heavy atom. The summed E-state index contributed by atoms with van der Waals surface area (Å²) in [5.74, 6) is 2.17. The molecule has 2 N–H and O–H groups in total. The lowest BCUT2D eigenvalue weighted by atomic mass is 10.1. The summed E-state index contributed by atoms with van der Waals surface area (Å²) in [5.41, 5.74) is 5.36. The number of nitrogens with one attached hydrogen (secondary N) is 2. The SMILES string of the molecule is COc1cc(/C=C/C(=O)NCCSc2c(-c3ccc(C)cc3)[nH]c3ccccc23)cc(OC)c1OC. The first kappa shape index (κ1) is 25.3. The van der Waals surface area contributed by atoms with E-state index in [0.29, 0.717) is 23.8 Å². The third-order valence-electron chi connectivity index (χ3n) is 5.76. The number of aromatic nitrogens is 1. The van der Waals surface area contributed by atoms with Crippen LogP contribution in [0.2, 0.25) is 0 Å². The predicted molar refractivity (Wildman–Crippen MR) is 147 cm³/mol. The Morgan fingerprint density at radius 2 is 1.67 bits per heavy atom. The summed E-state index contributed by atoms with van der Waals surface area (Å²) in [5, 5.41) is 4.15. The zero-order chi connectivity index (χ0) is 25.5. The molecule has 3 aromatic carbocycles. The highest BCUT2D eigenvalue weighted by atomic mass is 32.2. The number of aromatic amines is 1. The molecule has 0 saturated carbocycles. The van der Waals surface area contributed by atoms with Crippen molar-refractivity contribution in [2.45, 2.75) is 11.8 Å². The Balaban J connectivity index is 1.40. The number of ether oxygens (including phenoxy) is 3. The monoisotopic (exact) mass is 502 g/mol. The molecule has 0 aliphatic heterocycles. The predicted octanol–water partition coefficient (Wildman–Crippen LogP) is 6.09. The molecule has 186 valence electrons. The second-order valence-corrected chi connectivity index (χ2v) is 9.28. The fraction of sp³-hybridized carbons (Fsp3) is 0.207. The number of methoxy groups -OCH3 is 3. The number of thioether (sulfide) groups is 1. The Hall–Kier alpha value is -3.84. The molecule has 7 heteroatoms. The van der Waals surface area contributed by atoms with Crippen LogP contribution < -0.4 is 19.5 Å². The molecule has 0 aliphatic carbocycles. The lowest BCUT2D eigenvalue weighted by Gasteiger charge is -2.12. The van der Waals surface area contributed by atoms with Crippen LogP contribution in [-0.4, -0.2) is 44.5 Å². The maximum absolute atomic E-state index is 12.4. The van der Waals surface area contributed by atoms with E-state index >= 15 is 0 Å². The number of H-pyrrole nitrogens is 1. The van der Waals surface area contributed by atoms with E-state index in [1.807, 2.05) is 6.07 Å². The van der Waals surface area contributed by atoms with Crippen LogP contribution in [0.5, 0.6) is 17.2 Å². The maximum atomic E-state index is 12.4. The molecule has 0 bridgehead atoms. The minimum Gasteiger partial charge on any atom is -0.493 e. The molecule has 0 aliphatic rings. The smallest absolute Gasteiger partial charge is 0.244 e. The third-order valence-corrected chi connectivity index (χ3v) is 6.88. The average Bonchev–Trinajstić information content (AvgIpc) is 3.28. The van der Waals surface area contributed by atoms with Crippen molar-refractivity contribution in [2.24, 2.45) is 0 Å². The van der Waals surface area contributed by atoms with Crippen molar-refractivity contribution in [2.75, 3.05) is 33.6 Å². The van der Waals surface area contributed by atoms with Gasteiger partial charge in [0.1, 0.15) is 0 Å². The topological polar surface area (TPSA) is 72.6 Å². The van der Waals surface area contributed by atoms with Gasteiger partial charge < -0.3 is 24.5 Å². The molecule has 36 heavy (non-hydrogen) atoms. The molecular weight excluding hydrogens is 472 g/mol. The van der Waals surface area contributed by atoms with Crippen molar-refractivity contribution in [1.82, 2.24) is 10.3 Å². The number of aryl methyl sites for hydroxylation is 1. The van der Waals surface area contributed by atoms with E-state index in [9.17, 15) is 4.79 Å². The van der Waals surface area contributed by atoms with Crippen LogP contribution in [0.4, 0.5) is 0 Å². The molecule has 4 rings (SSSR count). The molecular formula is C29H30N2O4S. The summed E-state index contributed by atoms with van der Waals surface area (Å²) >= 11 is 1.74. The number of carbonyl (C=O) groups excluding carboxylic acids is 1. The number of para-hydroxylation sites is 1. The molecule has 0 unspecified atom stereocenters. The van der Waals surface area contributed by atoms with Gasteiger partial charge in [0.25, 0.3) is 0 Å². The van der Waals surface area contributed by atoms with Crippen LogP contribution in [0.25, 0.3) is 28.2 Å². The molecule has 1 aromatic heterocycles. The average molecular weight is 503 g/mol. The van der Waals surface area contributed by atoms with Gasteiger partial charge in [0, 0.05) is 34.2 Å². The van der Waals surface area contributed by atoms with Gasteiger partial charge in [-0.25, -0.2) is 0 Å². The van der Waals surface area contributed by atoms with Gasteiger partial charge in [-0.2, -0.15) is 0 Å². The van der Waals surface area contributed by atoms with Crippen molar-refractivity contribution in [1.29, 1.82) is 0 Å². The summed E-state index contributed by atoms with van der Waals surface area (Å²) in [6, 6.07) is 20.4. The highest BCUT2D eigenvalue weighted by molar-refractivity contribution is 7.99. The minimum atomic E-state index is -0.165. The van der Waals surface area contributed by atoms with Gasteiger partial charge in [0.15, 0.2) is 11.5 Å². The first-order chi connectivity index (χ1) is 17.5. The number of hydrogen-bond acceptors (Lipinski definition) is 5. The van der Waals surface area contributed by atoms with E-state index in [0.717, 1.165) is 28.1 Å². The Morgan fingerprint density at radius 1 is 0.972 bits per heavy atom. The van der Waals surface area contributed by atoms with Gasteiger partial charge in [-0.3, -0.25) is 4.79 Å². The lowest BCUT2D eigenvalue weighted by Crippen LogP contribution is -2.23. The number of carbonyl (C=O) groups is 1. The van der Waals surface area contributed by atoms with Crippen molar-refractivity contribution in [3.8, 4) is 28.5 Å². The summed E-state index contributed by atoms with van der Waals surface area (Å²) in [7, 11) is 4.68. The molecule has 1 heterocycles.